The number of rotatable bonds is 5. The highest BCUT2D eigenvalue weighted by molar-refractivity contribution is 5.95. The molecule has 0 unspecified atom stereocenters. The van der Waals surface area contributed by atoms with Crippen LogP contribution in [0.4, 0.5) is 5.82 Å². The van der Waals surface area contributed by atoms with Gasteiger partial charge in [0.15, 0.2) is 11.5 Å². The minimum atomic E-state index is -0.210. The monoisotopic (exact) mass is 532 g/mol. The zero-order chi connectivity index (χ0) is 27.6. The average molecular weight is 533 g/mol. The van der Waals surface area contributed by atoms with Crippen LogP contribution in [-0.2, 0) is 9.53 Å². The van der Waals surface area contributed by atoms with Gasteiger partial charge >= 0.3 is 5.97 Å². The van der Waals surface area contributed by atoms with Gasteiger partial charge in [0.25, 0.3) is 5.91 Å². The lowest BCUT2D eigenvalue weighted by Gasteiger charge is -2.30. The first-order chi connectivity index (χ1) is 19.5. The minimum Gasteiger partial charge on any atom is -0.469 e. The van der Waals surface area contributed by atoms with E-state index >= 15 is 0 Å². The Morgan fingerprint density at radius 3 is 2.35 bits per heavy atom. The van der Waals surface area contributed by atoms with E-state index in [1.54, 1.807) is 11.1 Å². The molecule has 1 fully saturated rings. The van der Waals surface area contributed by atoms with E-state index in [1.807, 2.05) is 83.4 Å². The van der Waals surface area contributed by atoms with Gasteiger partial charge in [-0.25, -0.2) is 15.0 Å². The van der Waals surface area contributed by atoms with Crippen molar-refractivity contribution in [2.24, 2.45) is 5.92 Å². The van der Waals surface area contributed by atoms with Crippen LogP contribution in [0.5, 0.6) is 0 Å². The van der Waals surface area contributed by atoms with Crippen molar-refractivity contribution in [3.63, 3.8) is 0 Å². The molecule has 40 heavy (non-hydrogen) atoms. The molecule has 0 radical (unpaired) electrons. The van der Waals surface area contributed by atoms with Crippen LogP contribution in [0.3, 0.4) is 0 Å². The standard InChI is InChI=1S/C31H28N6O3/c1-40-31(39)22-15-18-36(19-16-22)30(38)21-9-11-23(12-10-21)37-28(24-8-5-17-33-27(24)32)35-26-14-13-25(34-29(26)37)20-6-3-2-4-7-20/h2-14,17,22H,15-16,18-19H2,1H3,(H2,32,33). The molecule has 0 aliphatic carbocycles. The number of pyridine rings is 2. The number of methoxy groups -OCH3 is 1. The molecule has 3 aromatic heterocycles. The first-order valence-corrected chi connectivity index (χ1v) is 13.2. The number of fused-ring (bicyclic) bond motifs is 1. The van der Waals surface area contributed by atoms with Gasteiger partial charge in [-0.1, -0.05) is 30.3 Å². The number of hydrogen-bond donors (Lipinski definition) is 1. The number of aromatic nitrogens is 4. The number of nitrogen functional groups attached to an aromatic ring is 1. The summed E-state index contributed by atoms with van der Waals surface area (Å²) in [4.78, 5) is 41.0. The van der Waals surface area contributed by atoms with Crippen molar-refractivity contribution in [1.29, 1.82) is 0 Å². The van der Waals surface area contributed by atoms with E-state index in [9.17, 15) is 9.59 Å². The summed E-state index contributed by atoms with van der Waals surface area (Å²) < 4.78 is 6.81. The minimum absolute atomic E-state index is 0.0634. The van der Waals surface area contributed by atoms with Crippen molar-refractivity contribution in [3.05, 3.63) is 90.6 Å². The van der Waals surface area contributed by atoms with Gasteiger partial charge in [-0.2, -0.15) is 0 Å². The summed E-state index contributed by atoms with van der Waals surface area (Å²) in [5, 5.41) is 0. The lowest BCUT2D eigenvalue weighted by molar-refractivity contribution is -0.146. The van der Waals surface area contributed by atoms with Crippen LogP contribution in [0.25, 0.3) is 39.5 Å². The fourth-order valence-corrected chi connectivity index (χ4v) is 5.18. The SMILES string of the molecule is COC(=O)C1CCN(C(=O)c2ccc(-n3c(-c4cccnc4N)nc4ccc(-c5ccccc5)nc43)cc2)CC1. The number of nitrogens with two attached hydrogens (primary N) is 1. The van der Waals surface area contributed by atoms with E-state index in [0.717, 1.165) is 16.9 Å². The predicted molar refractivity (Wildman–Crippen MR) is 153 cm³/mol. The highest BCUT2D eigenvalue weighted by Gasteiger charge is 2.28. The second kappa shape index (κ2) is 10.6. The second-order valence-corrected chi connectivity index (χ2v) is 9.75. The van der Waals surface area contributed by atoms with E-state index in [2.05, 4.69) is 4.98 Å². The quantitative estimate of drug-likeness (QED) is 0.325. The highest BCUT2D eigenvalue weighted by atomic mass is 16.5. The topological polar surface area (TPSA) is 116 Å². The Kier molecular flexibility index (Phi) is 6.69. The summed E-state index contributed by atoms with van der Waals surface area (Å²) in [5.74, 6) is 0.550. The third-order valence-electron chi connectivity index (χ3n) is 7.34. The lowest BCUT2D eigenvalue weighted by Crippen LogP contribution is -2.40. The molecule has 0 bridgehead atoms. The zero-order valence-electron chi connectivity index (χ0n) is 22.0. The maximum atomic E-state index is 13.2. The third kappa shape index (κ3) is 4.66. The summed E-state index contributed by atoms with van der Waals surface area (Å²) in [6.07, 6.45) is 2.84. The van der Waals surface area contributed by atoms with E-state index in [1.165, 1.54) is 7.11 Å². The molecule has 1 aliphatic rings. The number of amides is 1. The fraction of sp³-hybridized carbons (Fsp3) is 0.194. The van der Waals surface area contributed by atoms with Crippen molar-refractivity contribution in [1.82, 2.24) is 24.4 Å². The van der Waals surface area contributed by atoms with Crippen molar-refractivity contribution in [3.8, 4) is 28.3 Å². The maximum absolute atomic E-state index is 13.2. The molecule has 0 spiro atoms. The summed E-state index contributed by atoms with van der Waals surface area (Å²) >= 11 is 0. The van der Waals surface area contributed by atoms with Crippen LogP contribution in [0.2, 0.25) is 0 Å². The number of nitrogens with zero attached hydrogens (tertiary/aromatic N) is 5. The molecule has 0 saturated carbocycles. The molecule has 2 N–H and O–H groups in total. The van der Waals surface area contributed by atoms with E-state index in [0.29, 0.717) is 59.9 Å². The molecule has 2 aromatic carbocycles. The molecule has 9 nitrogen and oxygen atoms in total. The van der Waals surface area contributed by atoms with Gasteiger partial charge in [0.1, 0.15) is 11.3 Å². The molecular formula is C31H28N6O3. The van der Waals surface area contributed by atoms with Gasteiger partial charge in [-0.3, -0.25) is 14.2 Å². The van der Waals surface area contributed by atoms with Crippen LogP contribution < -0.4 is 5.73 Å². The lowest BCUT2D eigenvalue weighted by atomic mass is 9.96. The normalized spacial score (nSPS) is 13.9. The van der Waals surface area contributed by atoms with Crippen LogP contribution in [0, 0.1) is 5.92 Å². The van der Waals surface area contributed by atoms with Gasteiger partial charge in [0.05, 0.1) is 24.3 Å². The van der Waals surface area contributed by atoms with Gasteiger partial charge in [-0.15, -0.1) is 0 Å². The maximum Gasteiger partial charge on any atom is 0.308 e. The van der Waals surface area contributed by atoms with E-state index in [-0.39, 0.29) is 17.8 Å². The fourth-order valence-electron chi connectivity index (χ4n) is 5.18. The molecule has 200 valence electrons. The molecule has 4 heterocycles. The largest absolute Gasteiger partial charge is 0.469 e. The first-order valence-electron chi connectivity index (χ1n) is 13.2. The molecule has 6 rings (SSSR count). The number of benzene rings is 2. The first kappa shape index (κ1) is 25.2. The van der Waals surface area contributed by atoms with Gasteiger partial charge in [-0.05, 0) is 61.4 Å². The summed E-state index contributed by atoms with van der Waals surface area (Å²) in [7, 11) is 1.40. The van der Waals surface area contributed by atoms with E-state index in [4.69, 9.17) is 20.4 Å². The highest BCUT2D eigenvalue weighted by Crippen LogP contribution is 2.32. The predicted octanol–water partition coefficient (Wildman–Crippen LogP) is 4.76. The van der Waals surface area contributed by atoms with Gasteiger partial charge < -0.3 is 15.4 Å². The van der Waals surface area contributed by atoms with Gasteiger partial charge in [0, 0.05) is 36.1 Å². The molecule has 0 atom stereocenters. The second-order valence-electron chi connectivity index (χ2n) is 9.75. The van der Waals surface area contributed by atoms with Crippen molar-refractivity contribution >= 4 is 28.9 Å². The number of anilines is 1. The molecule has 5 aromatic rings. The summed E-state index contributed by atoms with van der Waals surface area (Å²) in [6, 6.07) is 25.0. The Balaban J connectivity index is 1.38. The summed E-state index contributed by atoms with van der Waals surface area (Å²) in [6.45, 7) is 1.03. The molecule has 1 amide bonds. The van der Waals surface area contributed by atoms with Gasteiger partial charge in [0.2, 0.25) is 0 Å². The number of imidazole rings is 1. The molecule has 1 aliphatic heterocycles. The van der Waals surface area contributed by atoms with Crippen molar-refractivity contribution in [2.75, 3.05) is 25.9 Å². The molecule has 1 saturated heterocycles. The molecule has 9 heteroatoms. The summed E-state index contributed by atoms with van der Waals surface area (Å²) in [5.41, 5.74) is 11.5. The smallest absolute Gasteiger partial charge is 0.308 e. The number of carbonyl (C=O) groups is 2. The van der Waals surface area contributed by atoms with Crippen LogP contribution in [0.1, 0.15) is 23.2 Å². The number of likely N-dealkylation sites (tertiary alicyclic amines) is 1. The number of piperidine rings is 1. The Labute approximate surface area is 231 Å². The Morgan fingerprint density at radius 2 is 1.65 bits per heavy atom. The number of ether oxygens (including phenoxy) is 1. The third-order valence-corrected chi connectivity index (χ3v) is 7.34. The van der Waals surface area contributed by atoms with Crippen molar-refractivity contribution < 1.29 is 14.3 Å². The number of esters is 1. The Hall–Kier alpha value is -5.05. The number of carbonyl (C=O) groups excluding carboxylic acids is 2. The Morgan fingerprint density at radius 1 is 0.900 bits per heavy atom. The number of hydrogen-bond acceptors (Lipinski definition) is 7. The van der Waals surface area contributed by atoms with Crippen molar-refractivity contribution in [2.45, 2.75) is 12.8 Å². The molecular weight excluding hydrogens is 504 g/mol. The van der Waals surface area contributed by atoms with Crippen LogP contribution in [-0.4, -0.2) is 56.5 Å². The van der Waals surface area contributed by atoms with Crippen LogP contribution >= 0.6 is 0 Å². The Bertz CT molecular complexity index is 1690. The van der Waals surface area contributed by atoms with E-state index < -0.39 is 0 Å². The average Bonchev–Trinajstić information content (AvgIpc) is 3.39. The zero-order valence-corrected chi connectivity index (χ0v) is 22.0. The van der Waals surface area contributed by atoms with Crippen LogP contribution in [0.15, 0.2) is 85.1 Å².